The van der Waals surface area contributed by atoms with Crippen molar-refractivity contribution in [2.75, 3.05) is 5.73 Å². The Morgan fingerprint density at radius 2 is 2.00 bits per heavy atom. The van der Waals surface area contributed by atoms with Gasteiger partial charge in [0.25, 0.3) is 5.56 Å². The van der Waals surface area contributed by atoms with Gasteiger partial charge in [0.1, 0.15) is 17.2 Å². The molecule has 2 N–H and O–H groups in total. The summed E-state index contributed by atoms with van der Waals surface area (Å²) in [6.45, 7) is 2.08. The van der Waals surface area contributed by atoms with Crippen LogP contribution in [0.3, 0.4) is 0 Å². The van der Waals surface area contributed by atoms with Crippen LogP contribution in [0.25, 0.3) is 5.65 Å². The van der Waals surface area contributed by atoms with Crippen molar-refractivity contribution in [3.8, 4) is 0 Å². The molecule has 6 nitrogen and oxygen atoms in total. The number of rotatable bonds is 2. The quantitative estimate of drug-likeness (QED) is 0.727. The zero-order valence-corrected chi connectivity index (χ0v) is 12.2. The Morgan fingerprint density at radius 3 is 2.71 bits per heavy atom. The molecule has 0 aliphatic rings. The Balaban J connectivity index is 2.32. The van der Waals surface area contributed by atoms with Gasteiger partial charge in [0.2, 0.25) is 4.77 Å². The van der Waals surface area contributed by atoms with E-state index in [9.17, 15) is 4.79 Å². The van der Waals surface area contributed by atoms with Crippen molar-refractivity contribution in [3.63, 3.8) is 0 Å². The molecule has 0 aliphatic heterocycles. The number of aryl methyl sites for hydroxylation is 1. The van der Waals surface area contributed by atoms with Crippen molar-refractivity contribution in [1.82, 2.24) is 19.2 Å². The average molecular weight is 299 g/mol. The summed E-state index contributed by atoms with van der Waals surface area (Å²) in [5.41, 5.74) is 7.48. The molecule has 0 aliphatic carbocycles. The number of benzene rings is 1. The van der Waals surface area contributed by atoms with E-state index in [1.165, 1.54) is 4.52 Å². The summed E-state index contributed by atoms with van der Waals surface area (Å²) < 4.78 is 3.30. The number of hydrogen-bond donors (Lipinski definition) is 1. The van der Waals surface area contributed by atoms with Crippen LogP contribution in [0.15, 0.2) is 41.2 Å². The van der Waals surface area contributed by atoms with Gasteiger partial charge in [0.05, 0.1) is 6.54 Å². The van der Waals surface area contributed by atoms with Gasteiger partial charge in [-0.3, -0.25) is 9.36 Å². The van der Waals surface area contributed by atoms with E-state index in [1.807, 2.05) is 30.3 Å². The standard InChI is InChI=1S/C14H13N5OS/c1-9-13(20)18(8-10-5-3-2-4-6-10)12-7-11(15)16-14(21)19(12)17-9/h2-7H,8H2,1H3,(H2,15,16,21). The third kappa shape index (κ3) is 2.43. The lowest BCUT2D eigenvalue weighted by molar-refractivity contribution is 0.693. The Hall–Kier alpha value is -2.54. The lowest BCUT2D eigenvalue weighted by Crippen LogP contribution is -2.28. The summed E-state index contributed by atoms with van der Waals surface area (Å²) in [5.74, 6) is 0.270. The van der Waals surface area contributed by atoms with Crippen LogP contribution in [0.5, 0.6) is 0 Å². The second-order valence-corrected chi connectivity index (χ2v) is 5.06. The van der Waals surface area contributed by atoms with E-state index in [-0.39, 0.29) is 16.1 Å². The summed E-state index contributed by atoms with van der Waals surface area (Å²) in [4.78, 5) is 16.4. The molecule has 0 saturated heterocycles. The third-order valence-corrected chi connectivity index (χ3v) is 3.43. The number of hydrogen-bond acceptors (Lipinski definition) is 5. The molecule has 0 amide bonds. The predicted octanol–water partition coefficient (Wildman–Crippen LogP) is 1.56. The first kappa shape index (κ1) is 13.4. The van der Waals surface area contributed by atoms with Crippen LogP contribution in [0.4, 0.5) is 5.82 Å². The Kier molecular flexibility index (Phi) is 3.26. The van der Waals surface area contributed by atoms with E-state index in [0.717, 1.165) is 5.56 Å². The Morgan fingerprint density at radius 1 is 1.29 bits per heavy atom. The molecule has 106 valence electrons. The average Bonchev–Trinajstić information content (AvgIpc) is 2.46. The molecule has 2 aromatic heterocycles. The Labute approximate surface area is 125 Å². The number of anilines is 1. The van der Waals surface area contributed by atoms with Gasteiger partial charge in [-0.2, -0.15) is 9.61 Å². The molecule has 0 bridgehead atoms. The third-order valence-electron chi connectivity index (χ3n) is 3.16. The second kappa shape index (κ2) is 5.10. The largest absolute Gasteiger partial charge is 0.383 e. The minimum Gasteiger partial charge on any atom is -0.383 e. The number of fused-ring (bicyclic) bond motifs is 1. The van der Waals surface area contributed by atoms with Crippen molar-refractivity contribution in [1.29, 1.82) is 0 Å². The van der Waals surface area contributed by atoms with E-state index in [1.54, 1.807) is 17.6 Å². The van der Waals surface area contributed by atoms with Crippen LogP contribution in [0, 0.1) is 11.7 Å². The van der Waals surface area contributed by atoms with Gasteiger partial charge in [-0.15, -0.1) is 0 Å². The van der Waals surface area contributed by atoms with E-state index in [0.29, 0.717) is 17.9 Å². The van der Waals surface area contributed by atoms with Gasteiger partial charge >= 0.3 is 0 Å². The van der Waals surface area contributed by atoms with Crippen molar-refractivity contribution < 1.29 is 0 Å². The van der Waals surface area contributed by atoms with Gasteiger partial charge < -0.3 is 5.73 Å². The van der Waals surface area contributed by atoms with E-state index in [4.69, 9.17) is 18.0 Å². The fraction of sp³-hybridized carbons (Fsp3) is 0.143. The minimum atomic E-state index is -0.168. The highest BCUT2D eigenvalue weighted by Crippen LogP contribution is 2.08. The minimum absolute atomic E-state index is 0.168. The van der Waals surface area contributed by atoms with Gasteiger partial charge in [0.15, 0.2) is 0 Å². The smallest absolute Gasteiger partial charge is 0.275 e. The number of nitrogens with two attached hydrogens (primary N) is 1. The maximum absolute atomic E-state index is 12.4. The summed E-state index contributed by atoms with van der Waals surface area (Å²) in [6.07, 6.45) is 0. The van der Waals surface area contributed by atoms with Crippen molar-refractivity contribution in [2.45, 2.75) is 13.5 Å². The van der Waals surface area contributed by atoms with Gasteiger partial charge in [0, 0.05) is 6.07 Å². The van der Waals surface area contributed by atoms with Crippen LogP contribution in [-0.4, -0.2) is 19.2 Å². The van der Waals surface area contributed by atoms with Crippen LogP contribution in [-0.2, 0) is 6.54 Å². The van der Waals surface area contributed by atoms with Crippen LogP contribution >= 0.6 is 12.2 Å². The monoisotopic (exact) mass is 299 g/mol. The second-order valence-electron chi connectivity index (χ2n) is 4.70. The highest BCUT2D eigenvalue weighted by atomic mass is 32.1. The highest BCUT2D eigenvalue weighted by Gasteiger charge is 2.10. The molecule has 0 saturated carbocycles. The van der Waals surface area contributed by atoms with Crippen molar-refractivity contribution in [2.24, 2.45) is 0 Å². The zero-order chi connectivity index (χ0) is 15.0. The fourth-order valence-corrected chi connectivity index (χ4v) is 2.42. The molecular weight excluding hydrogens is 286 g/mol. The van der Waals surface area contributed by atoms with E-state index >= 15 is 0 Å². The molecule has 21 heavy (non-hydrogen) atoms. The number of nitrogens with zero attached hydrogens (tertiary/aromatic N) is 4. The molecular formula is C14H13N5OS. The molecule has 0 unspecified atom stereocenters. The summed E-state index contributed by atoms with van der Waals surface area (Å²) in [6, 6.07) is 11.3. The van der Waals surface area contributed by atoms with Gasteiger partial charge in [-0.1, -0.05) is 30.3 Å². The highest BCUT2D eigenvalue weighted by molar-refractivity contribution is 7.71. The Bertz CT molecular complexity index is 930. The lowest BCUT2D eigenvalue weighted by atomic mass is 10.2. The maximum Gasteiger partial charge on any atom is 0.275 e. The zero-order valence-electron chi connectivity index (χ0n) is 11.4. The normalized spacial score (nSPS) is 10.9. The first-order valence-corrected chi connectivity index (χ1v) is 6.78. The van der Waals surface area contributed by atoms with Gasteiger partial charge in [-0.05, 0) is 24.7 Å². The lowest BCUT2D eigenvalue weighted by Gasteiger charge is -2.12. The van der Waals surface area contributed by atoms with Crippen molar-refractivity contribution >= 4 is 23.7 Å². The van der Waals surface area contributed by atoms with Crippen LogP contribution in [0.2, 0.25) is 0 Å². The van der Waals surface area contributed by atoms with Crippen LogP contribution in [0.1, 0.15) is 11.3 Å². The SMILES string of the molecule is Cc1nn2c(=S)nc(N)cc2n(Cc2ccccc2)c1=O. The van der Waals surface area contributed by atoms with Crippen LogP contribution < -0.4 is 11.3 Å². The predicted molar refractivity (Wildman–Crippen MR) is 82.8 cm³/mol. The summed E-state index contributed by atoms with van der Waals surface area (Å²) in [7, 11) is 0. The molecule has 1 aromatic carbocycles. The first-order chi connectivity index (χ1) is 10.1. The molecule has 3 rings (SSSR count). The summed E-state index contributed by atoms with van der Waals surface area (Å²) >= 11 is 5.16. The molecule has 2 heterocycles. The molecule has 7 heteroatoms. The molecule has 0 fully saturated rings. The molecule has 0 spiro atoms. The number of nitrogen functional groups attached to an aromatic ring is 1. The van der Waals surface area contributed by atoms with E-state index in [2.05, 4.69) is 10.1 Å². The fourth-order valence-electron chi connectivity index (χ4n) is 2.18. The van der Waals surface area contributed by atoms with Gasteiger partial charge in [-0.25, -0.2) is 4.98 Å². The number of aromatic nitrogens is 4. The van der Waals surface area contributed by atoms with E-state index < -0.39 is 0 Å². The molecule has 0 atom stereocenters. The maximum atomic E-state index is 12.4. The first-order valence-electron chi connectivity index (χ1n) is 6.37. The molecule has 3 aromatic rings. The topological polar surface area (TPSA) is 78.2 Å². The van der Waals surface area contributed by atoms with Crippen molar-refractivity contribution in [3.05, 3.63) is 62.8 Å². The molecule has 0 radical (unpaired) electrons. The summed E-state index contributed by atoms with van der Waals surface area (Å²) in [5, 5.41) is 4.18.